The largest absolute Gasteiger partial charge is 0.444 e. The van der Waals surface area contributed by atoms with Crippen LogP contribution in [0.15, 0.2) is 30.5 Å². The van der Waals surface area contributed by atoms with Crippen LogP contribution in [0.1, 0.15) is 63.9 Å². The minimum atomic E-state index is -3.45. The molecule has 1 aromatic carbocycles. The number of anilines is 1. The van der Waals surface area contributed by atoms with Crippen LogP contribution in [-0.2, 0) is 31.4 Å². The number of pyridine rings is 1. The molecule has 0 atom stereocenters. The van der Waals surface area contributed by atoms with Gasteiger partial charge >= 0.3 is 18.1 Å². The molecule has 1 heterocycles. The van der Waals surface area contributed by atoms with Crippen LogP contribution in [0.25, 0.3) is 0 Å². The summed E-state index contributed by atoms with van der Waals surface area (Å²) in [6.45, 7) is 9.45. The number of hydrogen-bond donors (Lipinski definition) is 4. The van der Waals surface area contributed by atoms with Crippen LogP contribution in [0.4, 0.5) is 28.4 Å². The molecule has 4 N–H and O–H groups in total. The van der Waals surface area contributed by atoms with Crippen molar-refractivity contribution >= 4 is 29.7 Å². The number of carbonyl (C=O) groups is 3. The van der Waals surface area contributed by atoms with Crippen LogP contribution in [0.2, 0.25) is 0 Å². The van der Waals surface area contributed by atoms with E-state index in [4.69, 9.17) is 19.7 Å². The average molecular weight is 650 g/mol. The predicted molar refractivity (Wildman–Crippen MR) is 160 cm³/mol. The molecule has 3 amide bonds. The molecule has 0 aliphatic heterocycles. The summed E-state index contributed by atoms with van der Waals surface area (Å²) >= 11 is 0. The van der Waals surface area contributed by atoms with E-state index in [0.717, 1.165) is 6.07 Å². The molecule has 250 valence electrons. The number of halogens is 3. The van der Waals surface area contributed by atoms with Gasteiger partial charge in [-0.2, -0.15) is 14.0 Å². The zero-order valence-corrected chi connectivity index (χ0v) is 26.6. The van der Waals surface area contributed by atoms with Crippen LogP contribution in [-0.4, -0.2) is 65.0 Å². The van der Waals surface area contributed by atoms with Crippen molar-refractivity contribution in [2.24, 2.45) is 0 Å². The van der Waals surface area contributed by atoms with E-state index >= 15 is 4.39 Å². The molecule has 0 unspecified atom stereocenters. The van der Waals surface area contributed by atoms with Gasteiger partial charge in [0.05, 0.1) is 36.9 Å². The summed E-state index contributed by atoms with van der Waals surface area (Å²) in [5.41, 5.74) is -2.67. The maximum Gasteiger partial charge on any atom is 0.442 e. The summed E-state index contributed by atoms with van der Waals surface area (Å²) in [5.74, 6) is -6.10. The Hall–Kier alpha value is -4.91. The fourth-order valence-corrected chi connectivity index (χ4v) is 3.58. The molecule has 0 saturated carbocycles. The average Bonchev–Trinajstić information content (AvgIpc) is 2.91. The van der Waals surface area contributed by atoms with Gasteiger partial charge in [0.1, 0.15) is 16.9 Å². The van der Waals surface area contributed by atoms with Gasteiger partial charge in [-0.1, -0.05) is 0 Å². The lowest BCUT2D eigenvalue weighted by Gasteiger charge is -2.27. The number of aromatic nitrogens is 1. The highest BCUT2D eigenvalue weighted by Crippen LogP contribution is 2.29. The van der Waals surface area contributed by atoms with Crippen molar-refractivity contribution in [2.75, 3.05) is 25.0 Å². The summed E-state index contributed by atoms with van der Waals surface area (Å²) in [4.78, 5) is 46.3. The number of amides is 3. The quantitative estimate of drug-likeness (QED) is 0.121. The Labute approximate surface area is 264 Å². The van der Waals surface area contributed by atoms with Gasteiger partial charge in [0.2, 0.25) is 11.9 Å². The standard InChI is InChI=1S/C30H38F3N7O6/c1-18-10-11-36-22(14-18)30(32,33)17-38-21-9-8-19(16-34)20(24(21)31)15-23(41)37-12-13-44-40(27(43)46-29(5,6)7)25(35)39-26(42)45-28(2,3)4/h8-11,14,38H,12-13,15,17H2,1-7H3,(H,37,41)(H2,35,39,42). The van der Waals surface area contributed by atoms with Crippen molar-refractivity contribution in [1.29, 1.82) is 10.7 Å². The summed E-state index contributed by atoms with van der Waals surface area (Å²) < 4.78 is 55.0. The number of alkyl carbamates (subject to hydrolysis) is 1. The molecule has 2 rings (SSSR count). The number of rotatable bonds is 10. The van der Waals surface area contributed by atoms with Crippen LogP contribution in [0.5, 0.6) is 0 Å². The minimum absolute atomic E-state index is 0.181. The molecular weight excluding hydrogens is 611 g/mol. The van der Waals surface area contributed by atoms with E-state index in [0.29, 0.717) is 10.6 Å². The molecule has 0 spiro atoms. The first-order valence-corrected chi connectivity index (χ1v) is 14.0. The van der Waals surface area contributed by atoms with Gasteiger partial charge in [0, 0.05) is 18.3 Å². The SMILES string of the molecule is Cc1ccnc(C(F)(F)CNc2ccc(C#N)c(CC(=O)NCCON(C(=N)NC(=O)OC(C)(C)C)C(=O)OC(C)(C)C)c2F)c1. The van der Waals surface area contributed by atoms with Crippen molar-refractivity contribution < 1.29 is 41.9 Å². The Morgan fingerprint density at radius 3 is 2.30 bits per heavy atom. The molecule has 0 radical (unpaired) electrons. The number of nitriles is 1. The summed E-state index contributed by atoms with van der Waals surface area (Å²) in [5, 5.41) is 24.7. The maximum atomic E-state index is 15.3. The normalized spacial score (nSPS) is 11.6. The van der Waals surface area contributed by atoms with E-state index in [-0.39, 0.29) is 23.4 Å². The molecule has 0 saturated heterocycles. The zero-order valence-electron chi connectivity index (χ0n) is 26.6. The fourth-order valence-electron chi connectivity index (χ4n) is 3.58. The van der Waals surface area contributed by atoms with E-state index in [1.807, 2.05) is 5.32 Å². The molecule has 13 nitrogen and oxygen atoms in total. The molecule has 0 fully saturated rings. The lowest BCUT2D eigenvalue weighted by molar-refractivity contribution is -0.122. The van der Waals surface area contributed by atoms with Crippen LogP contribution in [0, 0.1) is 29.5 Å². The number of hydroxylamine groups is 2. The smallest absolute Gasteiger partial charge is 0.442 e. The maximum absolute atomic E-state index is 15.3. The van der Waals surface area contributed by atoms with Crippen molar-refractivity contribution in [2.45, 2.75) is 72.0 Å². The van der Waals surface area contributed by atoms with E-state index in [1.54, 1.807) is 60.6 Å². The lowest BCUT2D eigenvalue weighted by Crippen LogP contribution is -2.50. The van der Waals surface area contributed by atoms with Crippen LogP contribution in [0.3, 0.4) is 0 Å². The summed E-state index contributed by atoms with van der Waals surface area (Å²) in [6, 6.07) is 6.86. The topological polar surface area (TPSA) is 179 Å². The van der Waals surface area contributed by atoms with Gasteiger partial charge in [-0.3, -0.25) is 25.3 Å². The second-order valence-corrected chi connectivity index (χ2v) is 12.0. The molecule has 2 aromatic rings. The third kappa shape index (κ3) is 11.9. The molecule has 0 aliphatic rings. The van der Waals surface area contributed by atoms with E-state index in [1.165, 1.54) is 18.3 Å². The van der Waals surface area contributed by atoms with Crippen molar-refractivity contribution in [3.8, 4) is 6.07 Å². The van der Waals surface area contributed by atoms with Crippen LogP contribution >= 0.6 is 0 Å². The Bertz CT molecular complexity index is 1480. The summed E-state index contributed by atoms with van der Waals surface area (Å²) in [6.07, 6.45) is -1.58. The number of aryl methyl sites for hydroxylation is 1. The first-order chi connectivity index (χ1) is 21.2. The number of alkyl halides is 2. The Balaban J connectivity index is 2.06. The number of nitrogens with zero attached hydrogens (tertiary/aromatic N) is 3. The second kappa shape index (κ2) is 15.4. The molecule has 0 bridgehead atoms. The number of carbonyl (C=O) groups excluding carboxylic acids is 3. The third-order valence-corrected chi connectivity index (χ3v) is 5.52. The van der Waals surface area contributed by atoms with Crippen molar-refractivity contribution in [3.05, 3.63) is 58.7 Å². The van der Waals surface area contributed by atoms with Crippen LogP contribution < -0.4 is 16.0 Å². The fraction of sp³-hybridized carbons (Fsp3) is 0.467. The molecule has 46 heavy (non-hydrogen) atoms. The van der Waals surface area contributed by atoms with E-state index in [9.17, 15) is 28.4 Å². The minimum Gasteiger partial charge on any atom is -0.444 e. The van der Waals surface area contributed by atoms with Crippen molar-refractivity contribution in [1.82, 2.24) is 20.7 Å². The second-order valence-electron chi connectivity index (χ2n) is 12.0. The first kappa shape index (κ1) is 37.3. The first-order valence-electron chi connectivity index (χ1n) is 14.0. The van der Waals surface area contributed by atoms with Crippen molar-refractivity contribution in [3.63, 3.8) is 0 Å². The highest BCUT2D eigenvalue weighted by molar-refractivity contribution is 5.98. The van der Waals surface area contributed by atoms with Gasteiger partial charge in [-0.05, 0) is 78.3 Å². The number of guanidine groups is 1. The predicted octanol–water partition coefficient (Wildman–Crippen LogP) is 4.89. The molecule has 0 aliphatic carbocycles. The Morgan fingerprint density at radius 2 is 1.72 bits per heavy atom. The number of hydrogen-bond acceptors (Lipinski definition) is 10. The third-order valence-electron chi connectivity index (χ3n) is 5.52. The van der Waals surface area contributed by atoms with Gasteiger partial charge < -0.3 is 20.1 Å². The van der Waals surface area contributed by atoms with Gasteiger partial charge in [0.25, 0.3) is 0 Å². The lowest BCUT2D eigenvalue weighted by atomic mass is 10.0. The molecule has 16 heteroatoms. The molecule has 1 aromatic heterocycles. The summed E-state index contributed by atoms with van der Waals surface area (Å²) in [7, 11) is 0. The number of benzene rings is 1. The van der Waals surface area contributed by atoms with Gasteiger partial charge in [-0.25, -0.2) is 14.0 Å². The number of ether oxygens (including phenoxy) is 2. The monoisotopic (exact) mass is 649 g/mol. The van der Waals surface area contributed by atoms with Gasteiger partial charge in [-0.15, -0.1) is 5.06 Å². The van der Waals surface area contributed by atoms with Gasteiger partial charge in [0.15, 0.2) is 5.82 Å². The number of nitrogens with one attached hydrogen (secondary N) is 4. The zero-order chi connectivity index (χ0) is 34.9. The Kier molecular flexibility index (Phi) is 12.5. The Morgan fingerprint density at radius 1 is 1.07 bits per heavy atom. The van der Waals surface area contributed by atoms with E-state index in [2.05, 4.69) is 15.6 Å². The van der Waals surface area contributed by atoms with E-state index < -0.39 is 72.3 Å². The highest BCUT2D eigenvalue weighted by Gasteiger charge is 2.34. The highest BCUT2D eigenvalue weighted by atomic mass is 19.3. The molecular formula is C30H38F3N7O6.